The van der Waals surface area contributed by atoms with Gasteiger partial charge in [-0.15, -0.1) is 0 Å². The number of urea groups is 1. The molecule has 1 saturated carbocycles. The van der Waals surface area contributed by atoms with Crippen molar-refractivity contribution in [2.24, 2.45) is 0 Å². The van der Waals surface area contributed by atoms with Crippen molar-refractivity contribution in [3.05, 3.63) is 35.9 Å². The fourth-order valence-corrected chi connectivity index (χ4v) is 4.57. The third kappa shape index (κ3) is 3.50. The van der Waals surface area contributed by atoms with Crippen molar-refractivity contribution in [3.8, 4) is 0 Å². The van der Waals surface area contributed by atoms with E-state index in [0.717, 1.165) is 31.2 Å². The largest absolute Gasteiger partial charge is 0.445 e. The lowest BCUT2D eigenvalue weighted by Crippen LogP contribution is -2.51. The molecule has 140 valence electrons. The van der Waals surface area contributed by atoms with Gasteiger partial charge in [0.05, 0.1) is 12.1 Å². The molecule has 0 unspecified atom stereocenters. The van der Waals surface area contributed by atoms with Gasteiger partial charge in [-0.2, -0.15) is 0 Å². The average Bonchev–Trinajstić information content (AvgIpc) is 3.03. The molecule has 3 amide bonds. The third-order valence-electron chi connectivity index (χ3n) is 5.95. The molecule has 2 heterocycles. The van der Waals surface area contributed by atoms with Crippen LogP contribution >= 0.6 is 0 Å². The minimum atomic E-state index is -0.256. The van der Waals surface area contributed by atoms with E-state index in [0.29, 0.717) is 31.8 Å². The van der Waals surface area contributed by atoms with Crippen LogP contribution in [0.25, 0.3) is 0 Å². The molecule has 4 rings (SSSR count). The van der Waals surface area contributed by atoms with Gasteiger partial charge in [-0.25, -0.2) is 9.59 Å². The van der Waals surface area contributed by atoms with Crippen molar-refractivity contribution in [2.45, 2.75) is 63.3 Å². The van der Waals surface area contributed by atoms with Crippen molar-refractivity contribution < 1.29 is 14.3 Å². The lowest BCUT2D eigenvalue weighted by Gasteiger charge is -2.40. The van der Waals surface area contributed by atoms with Crippen LogP contribution in [0.2, 0.25) is 0 Å². The topological polar surface area (TPSA) is 61.9 Å². The van der Waals surface area contributed by atoms with E-state index in [1.807, 2.05) is 30.3 Å². The number of carbonyl (C=O) groups excluding carboxylic acids is 2. The summed E-state index contributed by atoms with van der Waals surface area (Å²) in [5, 5.41) is 3.16. The van der Waals surface area contributed by atoms with E-state index in [9.17, 15) is 9.59 Å². The number of rotatable bonds is 3. The first-order valence-electron chi connectivity index (χ1n) is 9.77. The van der Waals surface area contributed by atoms with Crippen LogP contribution in [0.15, 0.2) is 30.3 Å². The molecule has 1 N–H and O–H groups in total. The zero-order valence-corrected chi connectivity index (χ0v) is 15.1. The minimum Gasteiger partial charge on any atom is -0.445 e. The van der Waals surface area contributed by atoms with Gasteiger partial charge in [0.15, 0.2) is 0 Å². The molecule has 0 radical (unpaired) electrons. The van der Waals surface area contributed by atoms with E-state index >= 15 is 0 Å². The fraction of sp³-hybridized carbons (Fsp3) is 0.600. The number of benzene rings is 1. The summed E-state index contributed by atoms with van der Waals surface area (Å²) in [6.45, 7) is 1.61. The number of piperidine rings is 1. The second-order valence-corrected chi connectivity index (χ2v) is 7.57. The number of nitrogens with zero attached hydrogens (tertiary/aromatic N) is 2. The van der Waals surface area contributed by atoms with Gasteiger partial charge in [0.2, 0.25) is 0 Å². The lowest BCUT2D eigenvalue weighted by atomic mass is 9.89. The van der Waals surface area contributed by atoms with Crippen LogP contribution < -0.4 is 5.32 Å². The highest BCUT2D eigenvalue weighted by Gasteiger charge is 2.44. The van der Waals surface area contributed by atoms with Gasteiger partial charge in [0, 0.05) is 19.1 Å². The number of fused-ring (bicyclic) bond motifs is 1. The number of ether oxygens (including phenoxy) is 1. The number of nitrogens with one attached hydrogen (secondary N) is 1. The van der Waals surface area contributed by atoms with Crippen molar-refractivity contribution in [2.75, 3.05) is 13.1 Å². The Kier molecular flexibility index (Phi) is 5.00. The van der Waals surface area contributed by atoms with E-state index < -0.39 is 0 Å². The molecule has 26 heavy (non-hydrogen) atoms. The number of likely N-dealkylation sites (tertiary alicyclic amines) is 1. The monoisotopic (exact) mass is 357 g/mol. The SMILES string of the molecule is O=C(OCc1ccccc1)N1CCC(N2C(=O)N[C@@H]3CCCC[C@@H]32)CC1. The predicted octanol–water partition coefficient (Wildman–Crippen LogP) is 3.12. The Morgan fingerprint density at radius 3 is 2.58 bits per heavy atom. The Labute approximate surface area is 154 Å². The first-order chi connectivity index (χ1) is 12.7. The van der Waals surface area contributed by atoms with Gasteiger partial charge in [-0.05, 0) is 31.2 Å². The molecule has 0 bridgehead atoms. The third-order valence-corrected chi connectivity index (χ3v) is 5.95. The molecular weight excluding hydrogens is 330 g/mol. The molecule has 2 atom stereocenters. The zero-order valence-electron chi connectivity index (χ0n) is 15.1. The van der Waals surface area contributed by atoms with Gasteiger partial charge < -0.3 is 19.9 Å². The number of hydrogen-bond donors (Lipinski definition) is 1. The summed E-state index contributed by atoms with van der Waals surface area (Å²) < 4.78 is 5.43. The standard InChI is InChI=1S/C20H27N3O3/c24-19-21-17-8-4-5-9-18(17)23(19)16-10-12-22(13-11-16)20(25)26-14-15-6-2-1-3-7-15/h1-3,6-7,16-18H,4-5,8-14H2,(H,21,24)/t17-,18+/m1/s1. The summed E-state index contributed by atoms with van der Waals surface area (Å²) in [5.74, 6) is 0. The minimum absolute atomic E-state index is 0.0898. The Balaban J connectivity index is 1.28. The number of amides is 3. The van der Waals surface area contributed by atoms with Crippen molar-refractivity contribution in [1.82, 2.24) is 15.1 Å². The van der Waals surface area contributed by atoms with Crippen LogP contribution in [0.1, 0.15) is 44.1 Å². The highest BCUT2D eigenvalue weighted by atomic mass is 16.6. The molecule has 0 aromatic heterocycles. The second-order valence-electron chi connectivity index (χ2n) is 7.57. The van der Waals surface area contributed by atoms with Gasteiger partial charge in [-0.3, -0.25) is 0 Å². The van der Waals surface area contributed by atoms with Crippen LogP contribution in [0, 0.1) is 0 Å². The molecule has 1 aromatic rings. The Hall–Kier alpha value is -2.24. The molecule has 2 aliphatic heterocycles. The van der Waals surface area contributed by atoms with Crippen molar-refractivity contribution in [3.63, 3.8) is 0 Å². The Morgan fingerprint density at radius 1 is 1.08 bits per heavy atom. The van der Waals surface area contributed by atoms with Crippen LogP contribution in [-0.4, -0.2) is 53.1 Å². The number of carbonyl (C=O) groups is 2. The summed E-state index contributed by atoms with van der Waals surface area (Å²) >= 11 is 0. The lowest BCUT2D eigenvalue weighted by molar-refractivity contribution is 0.0681. The van der Waals surface area contributed by atoms with Gasteiger partial charge in [0.25, 0.3) is 0 Å². The van der Waals surface area contributed by atoms with Crippen LogP contribution in [0.5, 0.6) is 0 Å². The molecule has 6 nitrogen and oxygen atoms in total. The summed E-state index contributed by atoms with van der Waals surface area (Å²) in [5.41, 5.74) is 0.993. The molecule has 3 aliphatic rings. The van der Waals surface area contributed by atoms with Crippen molar-refractivity contribution in [1.29, 1.82) is 0 Å². The average molecular weight is 357 g/mol. The quantitative estimate of drug-likeness (QED) is 0.904. The summed E-state index contributed by atoms with van der Waals surface area (Å²) in [6.07, 6.45) is 6.01. The number of hydrogen-bond acceptors (Lipinski definition) is 3. The second kappa shape index (κ2) is 7.56. The maximum atomic E-state index is 12.4. The van der Waals surface area contributed by atoms with Crippen LogP contribution in [0.3, 0.4) is 0 Å². The Bertz CT molecular complexity index is 643. The first kappa shape index (κ1) is 17.2. The van der Waals surface area contributed by atoms with Gasteiger partial charge >= 0.3 is 12.1 Å². The highest BCUT2D eigenvalue weighted by Crippen LogP contribution is 2.32. The van der Waals surface area contributed by atoms with Crippen LogP contribution in [0.4, 0.5) is 9.59 Å². The molecule has 3 fully saturated rings. The summed E-state index contributed by atoms with van der Waals surface area (Å²) in [4.78, 5) is 28.6. The van der Waals surface area contributed by atoms with E-state index in [-0.39, 0.29) is 18.2 Å². The molecular formula is C20H27N3O3. The maximum Gasteiger partial charge on any atom is 0.410 e. The van der Waals surface area contributed by atoms with Crippen LogP contribution in [-0.2, 0) is 11.3 Å². The predicted molar refractivity (Wildman–Crippen MR) is 97.6 cm³/mol. The van der Waals surface area contributed by atoms with E-state index in [1.165, 1.54) is 12.8 Å². The summed E-state index contributed by atoms with van der Waals surface area (Å²) in [7, 11) is 0. The van der Waals surface area contributed by atoms with Crippen molar-refractivity contribution >= 4 is 12.1 Å². The van der Waals surface area contributed by atoms with E-state index in [2.05, 4.69) is 10.2 Å². The zero-order chi connectivity index (χ0) is 17.9. The first-order valence-corrected chi connectivity index (χ1v) is 9.77. The normalized spacial score (nSPS) is 26.4. The molecule has 0 spiro atoms. The summed E-state index contributed by atoms with van der Waals surface area (Å²) in [6, 6.07) is 10.7. The van der Waals surface area contributed by atoms with E-state index in [1.54, 1.807) is 4.90 Å². The Morgan fingerprint density at radius 2 is 1.81 bits per heavy atom. The maximum absolute atomic E-state index is 12.4. The van der Waals surface area contributed by atoms with Gasteiger partial charge in [0.1, 0.15) is 6.61 Å². The molecule has 1 aliphatic carbocycles. The van der Waals surface area contributed by atoms with E-state index in [4.69, 9.17) is 4.74 Å². The molecule has 6 heteroatoms. The highest BCUT2D eigenvalue weighted by molar-refractivity contribution is 5.78. The fourth-order valence-electron chi connectivity index (χ4n) is 4.57. The van der Waals surface area contributed by atoms with Gasteiger partial charge in [-0.1, -0.05) is 43.2 Å². The smallest absolute Gasteiger partial charge is 0.410 e. The molecule has 2 saturated heterocycles. The molecule has 1 aromatic carbocycles.